The minimum absolute atomic E-state index is 0.620. The summed E-state index contributed by atoms with van der Waals surface area (Å²) in [7, 11) is -1.63. The highest BCUT2D eigenvalue weighted by atomic mass is 28.3. The second-order valence-corrected chi connectivity index (χ2v) is 6.77. The van der Waals surface area contributed by atoms with Crippen LogP contribution in [0.2, 0.25) is 0 Å². The fourth-order valence-corrected chi connectivity index (χ4v) is 4.37. The molecule has 2 atom stereocenters. The largest absolute Gasteiger partial charge is 0.408 e. The van der Waals surface area contributed by atoms with Crippen molar-refractivity contribution in [2.75, 3.05) is 13.2 Å². The topological polar surface area (TPSA) is 30.5 Å². The lowest BCUT2D eigenvalue weighted by Crippen LogP contribution is -2.50. The van der Waals surface area contributed by atoms with Crippen LogP contribution in [0.4, 0.5) is 0 Å². The van der Waals surface area contributed by atoms with Gasteiger partial charge in [0, 0.05) is 19.3 Å². The summed E-state index contributed by atoms with van der Waals surface area (Å²) in [6, 6.07) is 0.620. The van der Waals surface area contributed by atoms with Crippen LogP contribution in [-0.4, -0.2) is 28.7 Å². The van der Waals surface area contributed by atoms with E-state index < -0.39 is 9.45 Å². The fraction of sp³-hybridized carbons (Fsp3) is 1.00. The Balaban J connectivity index is 2.33. The summed E-state index contributed by atoms with van der Waals surface area (Å²) in [5.74, 6) is 0.772. The number of rotatable bonds is 8. The molecule has 0 aromatic rings. The van der Waals surface area contributed by atoms with Crippen LogP contribution in [0.1, 0.15) is 59.3 Å². The zero-order valence-electron chi connectivity index (χ0n) is 11.7. The molecule has 2 unspecified atom stereocenters. The van der Waals surface area contributed by atoms with Gasteiger partial charge < -0.3 is 8.85 Å². The maximum absolute atomic E-state index is 5.85. The van der Waals surface area contributed by atoms with Crippen LogP contribution in [-0.2, 0) is 8.85 Å². The van der Waals surface area contributed by atoms with Gasteiger partial charge in [-0.1, -0.05) is 33.6 Å². The Morgan fingerprint density at radius 2 is 1.65 bits per heavy atom. The summed E-state index contributed by atoms with van der Waals surface area (Å²) in [4.78, 5) is 3.67. The van der Waals surface area contributed by atoms with Crippen LogP contribution in [0.25, 0.3) is 0 Å². The highest BCUT2D eigenvalue weighted by molar-refractivity contribution is 6.41. The minimum Gasteiger partial charge on any atom is -0.385 e. The van der Waals surface area contributed by atoms with Crippen molar-refractivity contribution in [3.05, 3.63) is 0 Å². The van der Waals surface area contributed by atoms with Crippen LogP contribution >= 0.6 is 0 Å². The van der Waals surface area contributed by atoms with Crippen molar-refractivity contribution in [1.29, 1.82) is 0 Å². The second-order valence-electron chi connectivity index (χ2n) is 5.11. The van der Waals surface area contributed by atoms with E-state index in [0.29, 0.717) is 6.04 Å². The number of hydrogen-bond donors (Lipinski definition) is 1. The summed E-state index contributed by atoms with van der Waals surface area (Å²) >= 11 is 0. The Labute approximate surface area is 108 Å². The first-order chi connectivity index (χ1) is 8.27. The van der Waals surface area contributed by atoms with E-state index in [1.807, 2.05) is 0 Å². The van der Waals surface area contributed by atoms with Gasteiger partial charge in [-0.05, 0) is 31.6 Å². The van der Waals surface area contributed by atoms with Crippen LogP contribution in [0.5, 0.6) is 0 Å². The van der Waals surface area contributed by atoms with Gasteiger partial charge >= 0.3 is 9.45 Å². The van der Waals surface area contributed by atoms with Gasteiger partial charge in [0.05, 0.1) is 0 Å². The molecule has 3 nitrogen and oxygen atoms in total. The van der Waals surface area contributed by atoms with E-state index in [9.17, 15) is 0 Å². The molecule has 0 bridgehead atoms. The fourth-order valence-electron chi connectivity index (χ4n) is 2.33. The van der Waals surface area contributed by atoms with Gasteiger partial charge in [-0.2, -0.15) is 0 Å². The molecule has 0 aliphatic heterocycles. The third-order valence-electron chi connectivity index (χ3n) is 3.41. The smallest absolute Gasteiger partial charge is 0.385 e. The average Bonchev–Trinajstić information content (AvgIpc) is 2.35. The minimum atomic E-state index is -1.63. The lowest BCUT2D eigenvalue weighted by atomic mass is 9.87. The zero-order valence-corrected chi connectivity index (χ0v) is 12.9. The molecule has 1 saturated carbocycles. The Kier molecular flexibility index (Phi) is 8.10. The van der Waals surface area contributed by atoms with E-state index in [1.54, 1.807) is 0 Å². The molecule has 1 fully saturated rings. The molecule has 0 aromatic heterocycles. The van der Waals surface area contributed by atoms with Crippen LogP contribution in [0.3, 0.4) is 0 Å². The average molecular weight is 259 g/mol. The van der Waals surface area contributed by atoms with E-state index in [1.165, 1.54) is 25.7 Å². The van der Waals surface area contributed by atoms with E-state index in [4.69, 9.17) is 8.85 Å². The Bertz CT molecular complexity index is 184. The predicted molar refractivity (Wildman–Crippen MR) is 74.2 cm³/mol. The molecule has 0 spiro atoms. The zero-order chi connectivity index (χ0) is 12.5. The maximum atomic E-state index is 5.85. The van der Waals surface area contributed by atoms with Crippen molar-refractivity contribution in [2.24, 2.45) is 5.92 Å². The highest BCUT2D eigenvalue weighted by Gasteiger charge is 2.25. The Hall–Kier alpha value is 0.0969. The van der Waals surface area contributed by atoms with Gasteiger partial charge in [-0.15, -0.1) is 0 Å². The molecule has 102 valence electrons. The Morgan fingerprint density at radius 1 is 1.06 bits per heavy atom. The molecule has 0 amide bonds. The van der Waals surface area contributed by atoms with Gasteiger partial charge in [0.25, 0.3) is 0 Å². The highest BCUT2D eigenvalue weighted by Crippen LogP contribution is 2.23. The molecule has 1 aliphatic carbocycles. The van der Waals surface area contributed by atoms with Gasteiger partial charge in [0.1, 0.15) is 0 Å². The van der Waals surface area contributed by atoms with Crippen molar-refractivity contribution in [2.45, 2.75) is 65.3 Å². The van der Waals surface area contributed by atoms with Crippen molar-refractivity contribution in [1.82, 2.24) is 4.98 Å². The molecule has 0 aromatic carbocycles. The summed E-state index contributed by atoms with van der Waals surface area (Å²) in [6.07, 6.45) is 7.51. The molecule has 1 aliphatic rings. The van der Waals surface area contributed by atoms with Crippen LogP contribution in [0, 0.1) is 5.92 Å². The Morgan fingerprint density at radius 3 is 2.18 bits per heavy atom. The first-order valence-electron chi connectivity index (χ1n) is 7.27. The standard InChI is InChI=1S/C13H29NO2Si/c1-4-10-15-17(16-11-5-2)14-13-9-7-6-8-12(13)3/h12-14,17H,4-11H2,1-3H3. The lowest BCUT2D eigenvalue weighted by Gasteiger charge is -2.32. The van der Waals surface area contributed by atoms with E-state index >= 15 is 0 Å². The number of nitrogens with one attached hydrogen (secondary N) is 1. The summed E-state index contributed by atoms with van der Waals surface area (Å²) < 4.78 is 11.7. The molecular formula is C13H29NO2Si. The molecule has 0 radical (unpaired) electrons. The van der Waals surface area contributed by atoms with Gasteiger partial charge in [0.15, 0.2) is 0 Å². The second kappa shape index (κ2) is 9.08. The van der Waals surface area contributed by atoms with Gasteiger partial charge in [0.2, 0.25) is 0 Å². The maximum Gasteiger partial charge on any atom is 0.408 e. The SMILES string of the molecule is CCCO[SiH](NC1CCCCC1C)OCCC. The van der Waals surface area contributed by atoms with Crippen molar-refractivity contribution >= 4 is 9.45 Å². The third kappa shape index (κ3) is 6.00. The monoisotopic (exact) mass is 259 g/mol. The quantitative estimate of drug-likeness (QED) is 0.680. The van der Waals surface area contributed by atoms with Gasteiger partial charge in [-0.3, -0.25) is 4.98 Å². The van der Waals surface area contributed by atoms with Crippen molar-refractivity contribution < 1.29 is 8.85 Å². The summed E-state index contributed by atoms with van der Waals surface area (Å²) in [5.41, 5.74) is 0. The molecule has 1 rings (SSSR count). The van der Waals surface area contributed by atoms with Crippen molar-refractivity contribution in [3.8, 4) is 0 Å². The lowest BCUT2D eigenvalue weighted by molar-refractivity contribution is 0.172. The molecule has 4 heteroatoms. The van der Waals surface area contributed by atoms with E-state index in [0.717, 1.165) is 32.0 Å². The van der Waals surface area contributed by atoms with E-state index in [2.05, 4.69) is 25.8 Å². The van der Waals surface area contributed by atoms with E-state index in [-0.39, 0.29) is 0 Å². The molecule has 1 N–H and O–H groups in total. The van der Waals surface area contributed by atoms with Crippen molar-refractivity contribution in [3.63, 3.8) is 0 Å². The summed E-state index contributed by atoms with van der Waals surface area (Å²) in [6.45, 7) is 8.30. The molecule has 17 heavy (non-hydrogen) atoms. The molecule has 0 heterocycles. The third-order valence-corrected chi connectivity index (χ3v) is 5.19. The first kappa shape index (κ1) is 15.2. The van der Waals surface area contributed by atoms with Gasteiger partial charge in [-0.25, -0.2) is 0 Å². The molecular weight excluding hydrogens is 230 g/mol. The van der Waals surface area contributed by atoms with Crippen LogP contribution < -0.4 is 4.98 Å². The summed E-state index contributed by atoms with van der Waals surface area (Å²) in [5, 5.41) is 0. The van der Waals surface area contributed by atoms with Crippen LogP contribution in [0.15, 0.2) is 0 Å². The molecule has 0 saturated heterocycles. The normalized spacial score (nSPS) is 25.4. The predicted octanol–water partition coefficient (Wildman–Crippen LogP) is 2.73. The number of hydrogen-bond acceptors (Lipinski definition) is 3. The first-order valence-corrected chi connectivity index (χ1v) is 8.79.